The van der Waals surface area contributed by atoms with Gasteiger partial charge in [0, 0.05) is 12.5 Å². The van der Waals surface area contributed by atoms with Crippen LogP contribution in [0.5, 0.6) is 11.5 Å². The SMILES string of the molecule is COC(=O)C(N)Cc1ccc(OC(F)(F)F)cc1OC. The summed E-state index contributed by atoms with van der Waals surface area (Å²) in [5, 5.41) is 0. The summed E-state index contributed by atoms with van der Waals surface area (Å²) in [7, 11) is 2.49. The Morgan fingerprint density at radius 1 is 1.35 bits per heavy atom. The van der Waals surface area contributed by atoms with Crippen molar-refractivity contribution >= 4 is 5.97 Å². The van der Waals surface area contributed by atoms with Crippen molar-refractivity contribution < 1.29 is 32.2 Å². The van der Waals surface area contributed by atoms with E-state index in [0.29, 0.717) is 5.56 Å². The number of nitrogens with two attached hydrogens (primary N) is 1. The molecule has 20 heavy (non-hydrogen) atoms. The molecule has 0 spiro atoms. The average molecular weight is 293 g/mol. The lowest BCUT2D eigenvalue weighted by molar-refractivity contribution is -0.274. The van der Waals surface area contributed by atoms with Crippen LogP contribution in [0.25, 0.3) is 0 Å². The van der Waals surface area contributed by atoms with Crippen molar-refractivity contribution in [2.75, 3.05) is 14.2 Å². The molecule has 1 atom stereocenters. The number of alkyl halides is 3. The highest BCUT2D eigenvalue weighted by molar-refractivity contribution is 5.75. The Labute approximate surface area is 113 Å². The smallest absolute Gasteiger partial charge is 0.496 e. The summed E-state index contributed by atoms with van der Waals surface area (Å²) in [5.41, 5.74) is 6.05. The Morgan fingerprint density at radius 2 is 2.00 bits per heavy atom. The van der Waals surface area contributed by atoms with E-state index in [9.17, 15) is 18.0 Å². The van der Waals surface area contributed by atoms with Gasteiger partial charge in [0.25, 0.3) is 0 Å². The molecular formula is C12H14F3NO4. The van der Waals surface area contributed by atoms with Crippen LogP contribution < -0.4 is 15.2 Å². The zero-order chi connectivity index (χ0) is 15.3. The molecule has 0 aromatic heterocycles. The molecule has 0 aliphatic carbocycles. The van der Waals surface area contributed by atoms with Crippen LogP contribution in [0.15, 0.2) is 18.2 Å². The molecule has 5 nitrogen and oxygen atoms in total. The van der Waals surface area contributed by atoms with E-state index >= 15 is 0 Å². The fraction of sp³-hybridized carbons (Fsp3) is 0.417. The maximum absolute atomic E-state index is 12.1. The number of benzene rings is 1. The van der Waals surface area contributed by atoms with Crippen molar-refractivity contribution in [1.82, 2.24) is 0 Å². The molecule has 1 rings (SSSR count). The minimum Gasteiger partial charge on any atom is -0.496 e. The van der Waals surface area contributed by atoms with Gasteiger partial charge in [-0.05, 0) is 11.6 Å². The molecule has 0 fully saturated rings. The molecule has 0 aliphatic heterocycles. The van der Waals surface area contributed by atoms with E-state index in [1.54, 1.807) is 0 Å². The summed E-state index contributed by atoms with van der Waals surface area (Å²) in [6.45, 7) is 0. The molecule has 1 aromatic rings. The zero-order valence-electron chi connectivity index (χ0n) is 10.9. The fourth-order valence-electron chi connectivity index (χ4n) is 1.56. The molecule has 1 unspecified atom stereocenters. The summed E-state index contributed by atoms with van der Waals surface area (Å²) < 4.78 is 49.5. The summed E-state index contributed by atoms with van der Waals surface area (Å²) in [4.78, 5) is 11.2. The van der Waals surface area contributed by atoms with Gasteiger partial charge in [-0.25, -0.2) is 0 Å². The Bertz CT molecular complexity index is 476. The molecule has 0 saturated carbocycles. The molecule has 2 N–H and O–H groups in total. The highest BCUT2D eigenvalue weighted by atomic mass is 19.4. The van der Waals surface area contributed by atoms with Crippen molar-refractivity contribution in [2.45, 2.75) is 18.8 Å². The fourth-order valence-corrected chi connectivity index (χ4v) is 1.56. The highest BCUT2D eigenvalue weighted by Gasteiger charge is 2.31. The second-order valence-electron chi connectivity index (χ2n) is 3.86. The quantitative estimate of drug-likeness (QED) is 0.836. The largest absolute Gasteiger partial charge is 0.573 e. The van der Waals surface area contributed by atoms with Crippen LogP contribution in [0, 0.1) is 0 Å². The van der Waals surface area contributed by atoms with Crippen LogP contribution in [0.1, 0.15) is 5.56 Å². The number of hydrogen-bond donors (Lipinski definition) is 1. The predicted molar refractivity (Wildman–Crippen MR) is 63.4 cm³/mol. The summed E-state index contributed by atoms with van der Waals surface area (Å²) in [6.07, 6.45) is -4.71. The number of rotatable bonds is 5. The number of esters is 1. The van der Waals surface area contributed by atoms with Crippen molar-refractivity contribution in [3.05, 3.63) is 23.8 Å². The first-order chi connectivity index (χ1) is 9.26. The molecule has 112 valence electrons. The van der Waals surface area contributed by atoms with Crippen molar-refractivity contribution in [2.24, 2.45) is 5.73 Å². The minimum atomic E-state index is -4.78. The number of methoxy groups -OCH3 is 2. The van der Waals surface area contributed by atoms with E-state index in [4.69, 9.17) is 10.5 Å². The van der Waals surface area contributed by atoms with Crippen LogP contribution in [0.4, 0.5) is 13.2 Å². The highest BCUT2D eigenvalue weighted by Crippen LogP contribution is 2.29. The molecule has 8 heteroatoms. The normalized spacial score (nSPS) is 12.7. The van der Waals surface area contributed by atoms with Gasteiger partial charge in [-0.15, -0.1) is 13.2 Å². The number of hydrogen-bond acceptors (Lipinski definition) is 5. The Hall–Kier alpha value is -1.96. The number of carbonyl (C=O) groups excluding carboxylic acids is 1. The van der Waals surface area contributed by atoms with E-state index in [1.807, 2.05) is 0 Å². The van der Waals surface area contributed by atoms with E-state index in [1.165, 1.54) is 20.3 Å². The lowest BCUT2D eigenvalue weighted by atomic mass is 10.1. The van der Waals surface area contributed by atoms with Crippen LogP contribution in [-0.2, 0) is 16.0 Å². The third-order valence-electron chi connectivity index (χ3n) is 2.44. The first kappa shape index (κ1) is 16.1. The number of halogens is 3. The lowest BCUT2D eigenvalue weighted by Crippen LogP contribution is -2.33. The van der Waals surface area contributed by atoms with Gasteiger partial charge in [-0.3, -0.25) is 4.79 Å². The second kappa shape index (κ2) is 6.47. The first-order valence-corrected chi connectivity index (χ1v) is 5.53. The summed E-state index contributed by atoms with van der Waals surface area (Å²) in [5.74, 6) is -0.890. The molecule has 0 bridgehead atoms. The standard InChI is InChI=1S/C12H14F3NO4/c1-18-10-6-8(20-12(13,14)15)4-3-7(10)5-9(16)11(17)19-2/h3-4,6,9H,5,16H2,1-2H3. The van der Waals surface area contributed by atoms with Gasteiger partial charge in [0.1, 0.15) is 17.5 Å². The first-order valence-electron chi connectivity index (χ1n) is 5.53. The number of ether oxygens (including phenoxy) is 3. The van der Waals surface area contributed by atoms with Gasteiger partial charge in [0.15, 0.2) is 0 Å². The zero-order valence-corrected chi connectivity index (χ0v) is 10.9. The van der Waals surface area contributed by atoms with E-state index in [0.717, 1.165) is 12.1 Å². The summed E-state index contributed by atoms with van der Waals surface area (Å²) >= 11 is 0. The summed E-state index contributed by atoms with van der Waals surface area (Å²) in [6, 6.07) is 2.62. The molecule has 0 amide bonds. The molecular weight excluding hydrogens is 279 g/mol. The van der Waals surface area contributed by atoms with Crippen LogP contribution in [0.2, 0.25) is 0 Å². The van der Waals surface area contributed by atoms with E-state index < -0.39 is 24.1 Å². The molecule has 0 radical (unpaired) electrons. The Kier molecular flexibility index (Phi) is 5.20. The molecule has 0 heterocycles. The number of carbonyl (C=O) groups is 1. The molecule has 0 saturated heterocycles. The van der Waals surface area contributed by atoms with Crippen LogP contribution in [0.3, 0.4) is 0 Å². The average Bonchev–Trinajstić information content (AvgIpc) is 2.37. The van der Waals surface area contributed by atoms with Gasteiger partial charge < -0.3 is 19.9 Å². The molecule has 1 aromatic carbocycles. The minimum absolute atomic E-state index is 0.0716. The van der Waals surface area contributed by atoms with Crippen LogP contribution >= 0.6 is 0 Å². The van der Waals surface area contributed by atoms with E-state index in [2.05, 4.69) is 9.47 Å². The monoisotopic (exact) mass is 293 g/mol. The van der Waals surface area contributed by atoms with Crippen LogP contribution in [-0.4, -0.2) is 32.6 Å². The predicted octanol–water partition coefficient (Wildman–Crippen LogP) is 1.64. The molecule has 0 aliphatic rings. The van der Waals surface area contributed by atoms with Gasteiger partial charge in [0.05, 0.1) is 14.2 Å². The lowest BCUT2D eigenvalue weighted by Gasteiger charge is -2.15. The maximum atomic E-state index is 12.1. The Balaban J connectivity index is 2.91. The van der Waals surface area contributed by atoms with Crippen molar-refractivity contribution in [3.8, 4) is 11.5 Å². The van der Waals surface area contributed by atoms with Gasteiger partial charge in [-0.1, -0.05) is 6.07 Å². The van der Waals surface area contributed by atoms with Gasteiger partial charge in [0.2, 0.25) is 0 Å². The topological polar surface area (TPSA) is 70.8 Å². The van der Waals surface area contributed by atoms with E-state index in [-0.39, 0.29) is 12.2 Å². The van der Waals surface area contributed by atoms with Gasteiger partial charge in [-0.2, -0.15) is 0 Å². The Morgan fingerprint density at radius 3 is 2.50 bits per heavy atom. The van der Waals surface area contributed by atoms with Crippen molar-refractivity contribution in [1.29, 1.82) is 0 Å². The third kappa shape index (κ3) is 4.61. The third-order valence-corrected chi connectivity index (χ3v) is 2.44. The van der Waals surface area contributed by atoms with Gasteiger partial charge >= 0.3 is 12.3 Å². The maximum Gasteiger partial charge on any atom is 0.573 e. The second-order valence-corrected chi connectivity index (χ2v) is 3.86. The van der Waals surface area contributed by atoms with Crippen molar-refractivity contribution in [3.63, 3.8) is 0 Å².